The smallest absolute Gasteiger partial charge is 0.164 e. The van der Waals surface area contributed by atoms with Crippen LogP contribution in [0.2, 0.25) is 0 Å². The van der Waals surface area contributed by atoms with E-state index in [2.05, 4.69) is 72.8 Å². The van der Waals surface area contributed by atoms with Crippen LogP contribution in [0.25, 0.3) is 67.2 Å². The molecule has 0 unspecified atom stereocenters. The largest absolute Gasteiger partial charge is 0.397 e. The van der Waals surface area contributed by atoms with Crippen LogP contribution >= 0.6 is 0 Å². The van der Waals surface area contributed by atoms with Gasteiger partial charge in [0.15, 0.2) is 17.5 Å². The van der Waals surface area contributed by atoms with E-state index in [1.807, 2.05) is 97.1 Å². The Kier molecular flexibility index (Phi) is 7.82. The molecule has 0 atom stereocenters. The molecule has 0 saturated heterocycles. The molecule has 0 amide bonds. The lowest BCUT2D eigenvalue weighted by atomic mass is 9.94. The first kappa shape index (κ1) is 29.8. The molecule has 234 valence electrons. The first-order valence-electron chi connectivity index (χ1n) is 16.1. The van der Waals surface area contributed by atoms with Crippen LogP contribution in [0.1, 0.15) is 0 Å². The minimum Gasteiger partial charge on any atom is -0.397 e. The van der Waals surface area contributed by atoms with Gasteiger partial charge < -0.3 is 5.73 Å². The quantitative estimate of drug-likeness (QED) is 0.103. The van der Waals surface area contributed by atoms with Crippen LogP contribution in [0.15, 0.2) is 170 Å². The van der Waals surface area contributed by atoms with E-state index in [1.165, 1.54) is 5.39 Å². The van der Waals surface area contributed by atoms with Crippen molar-refractivity contribution in [1.29, 1.82) is 0 Å². The monoisotopic (exact) mass is 632 g/mol. The maximum absolute atomic E-state index is 6.40. The van der Waals surface area contributed by atoms with Gasteiger partial charge in [-0.05, 0) is 63.4 Å². The van der Waals surface area contributed by atoms with Crippen molar-refractivity contribution in [2.45, 2.75) is 0 Å². The van der Waals surface area contributed by atoms with Crippen LogP contribution in [-0.2, 0) is 0 Å². The van der Waals surface area contributed by atoms with Crippen LogP contribution in [0.5, 0.6) is 0 Å². The Morgan fingerprint density at radius 3 is 1.53 bits per heavy atom. The summed E-state index contributed by atoms with van der Waals surface area (Å²) >= 11 is 0. The highest BCUT2D eigenvalue weighted by Gasteiger charge is 2.13. The molecule has 8 rings (SSSR count). The summed E-state index contributed by atoms with van der Waals surface area (Å²) in [5.41, 5.74) is 15.8. The van der Waals surface area contributed by atoms with Crippen molar-refractivity contribution >= 4 is 27.8 Å². The van der Waals surface area contributed by atoms with Gasteiger partial charge in [0.25, 0.3) is 0 Å². The number of aromatic nitrogens is 3. The summed E-state index contributed by atoms with van der Waals surface area (Å²) < 4.78 is 0. The summed E-state index contributed by atoms with van der Waals surface area (Å²) in [5.74, 6) is 8.33. The van der Waals surface area contributed by atoms with E-state index in [9.17, 15) is 0 Å². The second kappa shape index (κ2) is 12.9. The number of hydrazine groups is 1. The fourth-order valence-electron chi connectivity index (χ4n) is 6.11. The van der Waals surface area contributed by atoms with Gasteiger partial charge in [-0.15, -0.1) is 0 Å². The first-order chi connectivity index (χ1) is 24.1. The summed E-state index contributed by atoms with van der Waals surface area (Å²) in [7, 11) is 0. The number of para-hydroxylation sites is 2. The molecule has 4 N–H and O–H groups in total. The Morgan fingerprint density at radius 1 is 0.408 bits per heavy atom. The van der Waals surface area contributed by atoms with E-state index in [-0.39, 0.29) is 0 Å². The van der Waals surface area contributed by atoms with Crippen molar-refractivity contribution < 1.29 is 0 Å². The summed E-state index contributed by atoms with van der Waals surface area (Å²) in [6, 6.07) is 57.4. The maximum Gasteiger partial charge on any atom is 0.164 e. The molecule has 0 saturated carbocycles. The summed E-state index contributed by atoms with van der Waals surface area (Å²) in [6.45, 7) is 0. The second-order valence-electron chi connectivity index (χ2n) is 11.8. The van der Waals surface area contributed by atoms with Crippen molar-refractivity contribution in [3.63, 3.8) is 0 Å². The average molecular weight is 633 g/mol. The Labute approximate surface area is 285 Å². The Balaban J connectivity index is 1.09. The summed E-state index contributed by atoms with van der Waals surface area (Å²) in [5, 5.41) is 3.96. The fourth-order valence-corrected chi connectivity index (χ4v) is 6.11. The van der Waals surface area contributed by atoms with Gasteiger partial charge in [-0.3, -0.25) is 5.01 Å². The highest BCUT2D eigenvalue weighted by molar-refractivity contribution is 5.99. The number of nitrogens with zero attached hydrogens (tertiary/aromatic N) is 4. The lowest BCUT2D eigenvalue weighted by molar-refractivity contribution is 1.07. The molecule has 1 aromatic heterocycles. The molecule has 0 radical (unpaired) electrons. The van der Waals surface area contributed by atoms with Gasteiger partial charge >= 0.3 is 0 Å². The SMILES string of the molecule is Nc1ccccc1N(N)c1ccc(-c2ccc3c(-c4ccc(-c5nc(-c6ccccc6)nc(-c6ccccc6)n5)cc4)cccc3c2)cc1. The van der Waals surface area contributed by atoms with Gasteiger partial charge in [0.2, 0.25) is 0 Å². The highest BCUT2D eigenvalue weighted by atomic mass is 15.4. The molecule has 0 aliphatic heterocycles. The van der Waals surface area contributed by atoms with Crippen LogP contribution in [-0.4, -0.2) is 15.0 Å². The fraction of sp³-hybridized carbons (Fsp3) is 0. The molecular formula is C43H32N6. The van der Waals surface area contributed by atoms with Gasteiger partial charge in [0, 0.05) is 16.7 Å². The number of fused-ring (bicyclic) bond motifs is 1. The first-order valence-corrected chi connectivity index (χ1v) is 16.1. The second-order valence-corrected chi connectivity index (χ2v) is 11.8. The molecule has 0 aliphatic rings. The van der Waals surface area contributed by atoms with E-state index < -0.39 is 0 Å². The van der Waals surface area contributed by atoms with Crippen molar-refractivity contribution in [3.8, 4) is 56.4 Å². The van der Waals surface area contributed by atoms with E-state index in [4.69, 9.17) is 26.5 Å². The molecule has 6 heteroatoms. The molecule has 0 fully saturated rings. The van der Waals surface area contributed by atoms with E-state index >= 15 is 0 Å². The minimum atomic E-state index is 0.633. The standard InChI is InChI=1S/C43H32N6/c44-39-16-7-8-17-40(39)49(45)36-25-22-29(23-26-36)34-24-27-38-35(28-34)14-9-15-37(38)30-18-20-33(21-19-30)43-47-41(31-10-3-1-4-11-31)46-42(48-43)32-12-5-2-6-13-32/h1-28H,44-45H2. The summed E-state index contributed by atoms with van der Waals surface area (Å²) in [6.07, 6.45) is 0. The van der Waals surface area contributed by atoms with Gasteiger partial charge in [-0.25, -0.2) is 20.8 Å². The zero-order valence-electron chi connectivity index (χ0n) is 26.6. The lowest BCUT2D eigenvalue weighted by Crippen LogP contribution is -2.25. The third kappa shape index (κ3) is 6.00. The van der Waals surface area contributed by atoms with E-state index in [1.54, 1.807) is 5.01 Å². The number of hydrogen-bond acceptors (Lipinski definition) is 6. The Bertz CT molecular complexity index is 2330. The third-order valence-corrected chi connectivity index (χ3v) is 8.71. The van der Waals surface area contributed by atoms with Gasteiger partial charge in [0.1, 0.15) is 0 Å². The predicted octanol–water partition coefficient (Wildman–Crippen LogP) is 9.95. The van der Waals surface area contributed by atoms with E-state index in [0.717, 1.165) is 55.7 Å². The molecular weight excluding hydrogens is 601 g/mol. The number of anilines is 3. The zero-order valence-corrected chi connectivity index (χ0v) is 26.6. The van der Waals surface area contributed by atoms with Crippen LogP contribution in [0.3, 0.4) is 0 Å². The molecule has 0 bridgehead atoms. The molecule has 0 spiro atoms. The van der Waals surface area contributed by atoms with Crippen molar-refractivity contribution in [1.82, 2.24) is 15.0 Å². The third-order valence-electron chi connectivity index (χ3n) is 8.71. The van der Waals surface area contributed by atoms with Gasteiger partial charge in [0.05, 0.1) is 17.1 Å². The van der Waals surface area contributed by atoms with E-state index in [0.29, 0.717) is 23.2 Å². The number of benzene rings is 7. The van der Waals surface area contributed by atoms with Crippen LogP contribution in [0, 0.1) is 0 Å². The normalized spacial score (nSPS) is 11.0. The van der Waals surface area contributed by atoms with Crippen molar-refractivity contribution in [2.75, 3.05) is 10.7 Å². The molecule has 7 aromatic carbocycles. The van der Waals surface area contributed by atoms with Crippen molar-refractivity contribution in [3.05, 3.63) is 170 Å². The van der Waals surface area contributed by atoms with Gasteiger partial charge in [-0.1, -0.05) is 140 Å². The van der Waals surface area contributed by atoms with Crippen LogP contribution in [0.4, 0.5) is 17.1 Å². The molecule has 49 heavy (non-hydrogen) atoms. The molecule has 8 aromatic rings. The molecule has 6 nitrogen and oxygen atoms in total. The number of rotatable bonds is 7. The zero-order chi connectivity index (χ0) is 33.2. The number of nitrogens with two attached hydrogens (primary N) is 2. The average Bonchev–Trinajstić information content (AvgIpc) is 3.18. The minimum absolute atomic E-state index is 0.633. The van der Waals surface area contributed by atoms with Gasteiger partial charge in [-0.2, -0.15) is 0 Å². The summed E-state index contributed by atoms with van der Waals surface area (Å²) in [4.78, 5) is 14.6. The maximum atomic E-state index is 6.40. The number of nitrogen functional groups attached to an aromatic ring is 1. The Hall–Kier alpha value is -6.63. The van der Waals surface area contributed by atoms with Crippen LogP contribution < -0.4 is 16.6 Å². The number of hydrogen-bond donors (Lipinski definition) is 2. The lowest BCUT2D eigenvalue weighted by Gasteiger charge is -2.20. The predicted molar refractivity (Wildman–Crippen MR) is 202 cm³/mol. The highest BCUT2D eigenvalue weighted by Crippen LogP contribution is 2.34. The Morgan fingerprint density at radius 2 is 0.918 bits per heavy atom. The molecule has 1 heterocycles. The topological polar surface area (TPSA) is 94.0 Å². The molecule has 0 aliphatic carbocycles. The van der Waals surface area contributed by atoms with Crippen molar-refractivity contribution in [2.24, 2.45) is 5.84 Å².